The SMILES string of the molecule is C=C(C(=O)O)c1ccc(-c2ccc(O)c(C34CC5CC(CC(C5)C3)C4)c2)cc1. The summed E-state index contributed by atoms with van der Waals surface area (Å²) in [7, 11) is 0. The molecule has 0 amide bonds. The maximum atomic E-state index is 11.1. The van der Waals surface area contributed by atoms with Crippen molar-refractivity contribution >= 4 is 11.5 Å². The van der Waals surface area contributed by atoms with Gasteiger partial charge >= 0.3 is 5.97 Å². The number of phenolic OH excluding ortho intramolecular Hbond substituents is 1. The molecule has 4 aliphatic rings. The molecule has 0 unspecified atom stereocenters. The van der Waals surface area contributed by atoms with Crippen LogP contribution in [0.3, 0.4) is 0 Å². The van der Waals surface area contributed by atoms with Gasteiger partial charge in [-0.15, -0.1) is 0 Å². The summed E-state index contributed by atoms with van der Waals surface area (Å²) in [6.07, 6.45) is 7.80. The minimum absolute atomic E-state index is 0.103. The third kappa shape index (κ3) is 2.76. The molecule has 3 heteroatoms. The molecule has 2 aromatic carbocycles. The molecular formula is C25H26O3. The van der Waals surface area contributed by atoms with E-state index in [0.29, 0.717) is 11.3 Å². The van der Waals surface area contributed by atoms with Gasteiger partial charge in [0.25, 0.3) is 0 Å². The number of aromatic hydroxyl groups is 1. The number of phenols is 1. The van der Waals surface area contributed by atoms with E-state index in [4.69, 9.17) is 5.11 Å². The monoisotopic (exact) mass is 374 g/mol. The Labute approximate surface area is 165 Å². The van der Waals surface area contributed by atoms with Crippen LogP contribution in [0.4, 0.5) is 0 Å². The zero-order chi connectivity index (χ0) is 19.5. The Kier molecular flexibility index (Phi) is 3.90. The highest BCUT2D eigenvalue weighted by atomic mass is 16.4. The van der Waals surface area contributed by atoms with Crippen molar-refractivity contribution in [2.45, 2.75) is 43.9 Å². The largest absolute Gasteiger partial charge is 0.508 e. The highest BCUT2D eigenvalue weighted by molar-refractivity contribution is 6.14. The number of rotatable bonds is 4. The zero-order valence-corrected chi connectivity index (χ0v) is 16.0. The normalized spacial score (nSPS) is 30.4. The first kappa shape index (κ1) is 17.5. The van der Waals surface area contributed by atoms with E-state index in [1.165, 1.54) is 38.5 Å². The maximum absolute atomic E-state index is 11.1. The van der Waals surface area contributed by atoms with Gasteiger partial charge in [0.2, 0.25) is 0 Å². The lowest BCUT2D eigenvalue weighted by Crippen LogP contribution is -2.48. The van der Waals surface area contributed by atoms with Crippen LogP contribution < -0.4 is 0 Å². The van der Waals surface area contributed by atoms with Crippen LogP contribution in [0.15, 0.2) is 49.0 Å². The molecule has 6 rings (SSSR count). The Morgan fingerprint density at radius 2 is 1.43 bits per heavy atom. The first-order valence-corrected chi connectivity index (χ1v) is 10.3. The van der Waals surface area contributed by atoms with Crippen LogP contribution in [0.25, 0.3) is 16.7 Å². The second-order valence-electron chi connectivity index (χ2n) is 9.29. The summed E-state index contributed by atoms with van der Waals surface area (Å²) >= 11 is 0. The van der Waals surface area contributed by atoms with Gasteiger partial charge in [0.1, 0.15) is 5.75 Å². The molecule has 0 spiro atoms. The maximum Gasteiger partial charge on any atom is 0.335 e. The second kappa shape index (κ2) is 6.23. The summed E-state index contributed by atoms with van der Waals surface area (Å²) in [5.41, 5.74) is 4.11. The molecular weight excluding hydrogens is 348 g/mol. The summed E-state index contributed by atoms with van der Waals surface area (Å²) in [4.78, 5) is 11.1. The topological polar surface area (TPSA) is 57.5 Å². The standard InChI is InChI=1S/C25H26O3/c1-15(24(27)28)19-2-4-20(5-3-19)21-6-7-23(26)22(11-21)25-12-16-8-17(13-25)10-18(9-16)14-25/h2-7,11,16-18,26H,1,8-10,12-14H2,(H,27,28). The van der Waals surface area contributed by atoms with Crippen molar-refractivity contribution in [1.29, 1.82) is 0 Å². The van der Waals surface area contributed by atoms with E-state index in [1.807, 2.05) is 36.4 Å². The number of aliphatic carboxylic acids is 1. The first-order chi connectivity index (χ1) is 13.4. The molecule has 2 aromatic rings. The van der Waals surface area contributed by atoms with E-state index >= 15 is 0 Å². The molecule has 4 aliphatic carbocycles. The molecule has 4 fully saturated rings. The number of carboxylic acids is 1. The fourth-order valence-electron chi connectivity index (χ4n) is 6.57. The number of hydrogen-bond acceptors (Lipinski definition) is 2. The second-order valence-corrected chi connectivity index (χ2v) is 9.29. The summed E-state index contributed by atoms with van der Waals surface area (Å²) in [6, 6.07) is 13.5. The third-order valence-corrected chi connectivity index (χ3v) is 7.43. The molecule has 4 saturated carbocycles. The smallest absolute Gasteiger partial charge is 0.335 e. The van der Waals surface area contributed by atoms with Gasteiger partial charge in [-0.3, -0.25) is 0 Å². The minimum atomic E-state index is -0.999. The Bertz CT molecular complexity index is 919. The van der Waals surface area contributed by atoms with Crippen molar-refractivity contribution in [2.24, 2.45) is 17.8 Å². The molecule has 2 N–H and O–H groups in total. The third-order valence-electron chi connectivity index (χ3n) is 7.43. The highest BCUT2D eigenvalue weighted by Gasteiger charge is 2.52. The van der Waals surface area contributed by atoms with Gasteiger partial charge in [0.15, 0.2) is 0 Å². The van der Waals surface area contributed by atoms with E-state index < -0.39 is 5.97 Å². The molecule has 4 bridgehead atoms. The number of carboxylic acid groups (broad SMARTS) is 1. The summed E-state index contributed by atoms with van der Waals surface area (Å²) in [6.45, 7) is 3.63. The fraction of sp³-hybridized carbons (Fsp3) is 0.400. The average molecular weight is 374 g/mol. The van der Waals surface area contributed by atoms with Crippen LogP contribution >= 0.6 is 0 Å². The van der Waals surface area contributed by atoms with E-state index in [9.17, 15) is 9.90 Å². The molecule has 0 atom stereocenters. The van der Waals surface area contributed by atoms with Gasteiger partial charge in [-0.2, -0.15) is 0 Å². The van der Waals surface area contributed by atoms with Crippen molar-refractivity contribution < 1.29 is 15.0 Å². The van der Waals surface area contributed by atoms with E-state index in [2.05, 4.69) is 12.6 Å². The molecule has 0 aromatic heterocycles. The van der Waals surface area contributed by atoms with Gasteiger partial charge in [-0.05, 0) is 90.5 Å². The molecule has 28 heavy (non-hydrogen) atoms. The Morgan fingerprint density at radius 3 is 1.96 bits per heavy atom. The quantitative estimate of drug-likeness (QED) is 0.683. The number of hydrogen-bond donors (Lipinski definition) is 2. The van der Waals surface area contributed by atoms with Gasteiger partial charge in [-0.1, -0.05) is 36.9 Å². The molecule has 0 heterocycles. The van der Waals surface area contributed by atoms with Crippen molar-refractivity contribution in [3.05, 3.63) is 60.2 Å². The van der Waals surface area contributed by atoms with Crippen LogP contribution in [0, 0.1) is 17.8 Å². The van der Waals surface area contributed by atoms with Crippen LogP contribution in [-0.2, 0) is 10.2 Å². The lowest BCUT2D eigenvalue weighted by Gasteiger charge is -2.57. The molecule has 0 saturated heterocycles. The van der Waals surface area contributed by atoms with Crippen molar-refractivity contribution in [3.8, 4) is 16.9 Å². The number of benzene rings is 2. The fourth-order valence-corrected chi connectivity index (χ4v) is 6.57. The molecule has 3 nitrogen and oxygen atoms in total. The predicted octanol–water partition coefficient (Wildman–Crippen LogP) is 5.62. The van der Waals surface area contributed by atoms with Crippen molar-refractivity contribution in [1.82, 2.24) is 0 Å². The van der Waals surface area contributed by atoms with E-state index in [-0.39, 0.29) is 11.0 Å². The molecule has 144 valence electrons. The Hall–Kier alpha value is -2.55. The van der Waals surface area contributed by atoms with Gasteiger partial charge in [0, 0.05) is 5.56 Å². The first-order valence-electron chi connectivity index (χ1n) is 10.3. The minimum Gasteiger partial charge on any atom is -0.508 e. The van der Waals surface area contributed by atoms with Gasteiger partial charge in [0.05, 0.1) is 5.57 Å². The van der Waals surface area contributed by atoms with Crippen molar-refractivity contribution in [2.75, 3.05) is 0 Å². The van der Waals surface area contributed by atoms with Crippen LogP contribution in [0.1, 0.15) is 49.7 Å². The zero-order valence-electron chi connectivity index (χ0n) is 16.0. The lowest BCUT2D eigenvalue weighted by atomic mass is 9.48. The Morgan fingerprint density at radius 1 is 0.893 bits per heavy atom. The van der Waals surface area contributed by atoms with Crippen LogP contribution in [0.5, 0.6) is 5.75 Å². The van der Waals surface area contributed by atoms with Crippen LogP contribution in [0.2, 0.25) is 0 Å². The highest BCUT2D eigenvalue weighted by Crippen LogP contribution is 2.62. The predicted molar refractivity (Wildman–Crippen MR) is 110 cm³/mol. The van der Waals surface area contributed by atoms with Gasteiger partial charge < -0.3 is 10.2 Å². The summed E-state index contributed by atoms with van der Waals surface area (Å²) < 4.78 is 0. The molecule has 0 radical (unpaired) electrons. The summed E-state index contributed by atoms with van der Waals surface area (Å²) in [5.74, 6) is 1.92. The Balaban J connectivity index is 1.50. The molecule has 0 aliphatic heterocycles. The van der Waals surface area contributed by atoms with Crippen molar-refractivity contribution in [3.63, 3.8) is 0 Å². The van der Waals surface area contributed by atoms with Gasteiger partial charge in [-0.25, -0.2) is 4.79 Å². The lowest BCUT2D eigenvalue weighted by molar-refractivity contribution is -0.130. The van der Waals surface area contributed by atoms with E-state index in [0.717, 1.165) is 34.4 Å². The average Bonchev–Trinajstić information content (AvgIpc) is 2.67. The summed E-state index contributed by atoms with van der Waals surface area (Å²) in [5, 5.41) is 19.9. The van der Waals surface area contributed by atoms with E-state index in [1.54, 1.807) is 0 Å². The number of carbonyl (C=O) groups is 1. The van der Waals surface area contributed by atoms with Crippen LogP contribution in [-0.4, -0.2) is 16.2 Å².